The van der Waals surface area contributed by atoms with Crippen molar-refractivity contribution < 1.29 is 14.9 Å². The predicted octanol–water partition coefficient (Wildman–Crippen LogP) is 4.38. The van der Waals surface area contributed by atoms with Gasteiger partial charge in [-0.2, -0.15) is 0 Å². The van der Waals surface area contributed by atoms with Crippen molar-refractivity contribution in [2.45, 2.75) is 37.1 Å². The van der Waals surface area contributed by atoms with Crippen LogP contribution in [-0.2, 0) is 0 Å². The van der Waals surface area contributed by atoms with E-state index in [1.54, 1.807) is 12.1 Å². The Balaban J connectivity index is 1.38. The number of para-hydroxylation sites is 1. The lowest BCUT2D eigenvalue weighted by molar-refractivity contribution is -0.0587. The van der Waals surface area contributed by atoms with Crippen molar-refractivity contribution in [3.8, 4) is 5.75 Å². The fourth-order valence-corrected chi connectivity index (χ4v) is 4.41. The van der Waals surface area contributed by atoms with Gasteiger partial charge in [0.25, 0.3) is 0 Å². The van der Waals surface area contributed by atoms with Crippen molar-refractivity contribution in [3.05, 3.63) is 63.6 Å². The molecule has 2 aliphatic heterocycles. The molecule has 0 aliphatic carbocycles. The molecule has 6 heteroatoms. The third kappa shape index (κ3) is 3.96. The van der Waals surface area contributed by atoms with Gasteiger partial charge < -0.3 is 19.8 Å². The van der Waals surface area contributed by atoms with Crippen LogP contribution < -0.4 is 4.74 Å². The van der Waals surface area contributed by atoms with Gasteiger partial charge in [-0.15, -0.1) is 0 Å². The summed E-state index contributed by atoms with van der Waals surface area (Å²) in [5, 5.41) is 22.0. The van der Waals surface area contributed by atoms with Gasteiger partial charge in [0.05, 0.1) is 22.3 Å². The van der Waals surface area contributed by atoms with Gasteiger partial charge in [-0.25, -0.2) is 0 Å². The quantitative estimate of drug-likeness (QED) is 0.792. The van der Waals surface area contributed by atoms with Crippen LogP contribution in [0.5, 0.6) is 5.75 Å². The van der Waals surface area contributed by atoms with Crippen molar-refractivity contribution >= 4 is 23.2 Å². The Morgan fingerprint density at radius 2 is 1.85 bits per heavy atom. The molecule has 1 fully saturated rings. The molecule has 1 saturated heterocycles. The highest BCUT2D eigenvalue weighted by Gasteiger charge is 2.42. The van der Waals surface area contributed by atoms with E-state index in [0.717, 1.165) is 42.8 Å². The van der Waals surface area contributed by atoms with E-state index < -0.39 is 12.2 Å². The monoisotopic (exact) mass is 407 g/mol. The number of likely N-dealkylation sites (tertiary alicyclic amines) is 1. The molecule has 144 valence electrons. The SMILES string of the molecule is O[C@H](CN1CCC2(CC1)C[C@H](O)c1ccccc1O2)c1ccc(Cl)c(Cl)c1. The van der Waals surface area contributed by atoms with E-state index in [4.69, 9.17) is 27.9 Å². The molecule has 4 rings (SSSR count). The van der Waals surface area contributed by atoms with Crippen molar-refractivity contribution in [1.82, 2.24) is 4.90 Å². The Bertz CT molecular complexity index is 821. The number of aliphatic hydroxyl groups excluding tert-OH is 2. The minimum Gasteiger partial charge on any atom is -0.487 e. The number of ether oxygens (including phenoxy) is 1. The van der Waals surface area contributed by atoms with E-state index in [0.29, 0.717) is 23.0 Å². The van der Waals surface area contributed by atoms with Gasteiger partial charge in [-0.3, -0.25) is 0 Å². The third-order valence-electron chi connectivity index (χ3n) is 5.70. The molecule has 0 radical (unpaired) electrons. The van der Waals surface area contributed by atoms with Gasteiger partial charge in [0, 0.05) is 31.6 Å². The largest absolute Gasteiger partial charge is 0.487 e. The summed E-state index contributed by atoms with van der Waals surface area (Å²) in [5.41, 5.74) is 1.32. The summed E-state index contributed by atoms with van der Waals surface area (Å²) >= 11 is 12.0. The van der Waals surface area contributed by atoms with Crippen molar-refractivity contribution in [2.75, 3.05) is 19.6 Å². The van der Waals surface area contributed by atoms with E-state index in [1.165, 1.54) is 0 Å². The van der Waals surface area contributed by atoms with Crippen LogP contribution in [0.4, 0.5) is 0 Å². The molecule has 0 amide bonds. The van der Waals surface area contributed by atoms with Gasteiger partial charge in [-0.1, -0.05) is 47.5 Å². The van der Waals surface area contributed by atoms with Crippen LogP contribution >= 0.6 is 23.2 Å². The number of hydrogen-bond donors (Lipinski definition) is 2. The molecule has 0 bridgehead atoms. The molecule has 2 aliphatic rings. The highest BCUT2D eigenvalue weighted by molar-refractivity contribution is 6.42. The maximum absolute atomic E-state index is 10.5. The fourth-order valence-electron chi connectivity index (χ4n) is 4.10. The number of rotatable bonds is 3. The van der Waals surface area contributed by atoms with Crippen LogP contribution in [0.15, 0.2) is 42.5 Å². The summed E-state index contributed by atoms with van der Waals surface area (Å²) in [5.74, 6) is 0.792. The first-order chi connectivity index (χ1) is 13.0. The van der Waals surface area contributed by atoms with Crippen molar-refractivity contribution in [2.24, 2.45) is 0 Å². The predicted molar refractivity (Wildman–Crippen MR) is 106 cm³/mol. The standard InChI is InChI=1S/C21H23Cl2NO3/c22-16-6-5-14(11-17(16)23)19(26)13-24-9-7-21(8-10-24)12-18(25)15-3-1-2-4-20(15)27-21/h1-6,11,18-19,25-26H,7-10,12-13H2/t18-,19+/m0/s1. The van der Waals surface area contributed by atoms with Gasteiger partial charge >= 0.3 is 0 Å². The van der Waals surface area contributed by atoms with Crippen LogP contribution in [0.1, 0.15) is 42.6 Å². The number of piperidine rings is 1. The summed E-state index contributed by atoms with van der Waals surface area (Å²) in [6.07, 6.45) is 1.17. The summed E-state index contributed by atoms with van der Waals surface area (Å²) in [6, 6.07) is 13.0. The van der Waals surface area contributed by atoms with Gasteiger partial charge in [0.2, 0.25) is 0 Å². The molecule has 2 aromatic carbocycles. The Kier molecular flexibility index (Phi) is 5.36. The van der Waals surface area contributed by atoms with Gasteiger partial charge in [-0.05, 0) is 36.6 Å². The van der Waals surface area contributed by atoms with Crippen LogP contribution in [-0.4, -0.2) is 40.3 Å². The van der Waals surface area contributed by atoms with Gasteiger partial charge in [0.1, 0.15) is 11.4 Å². The number of nitrogens with zero attached hydrogens (tertiary/aromatic N) is 1. The second-order valence-electron chi connectivity index (χ2n) is 7.53. The zero-order valence-corrected chi connectivity index (χ0v) is 16.5. The smallest absolute Gasteiger partial charge is 0.125 e. The van der Waals surface area contributed by atoms with Crippen molar-refractivity contribution in [1.29, 1.82) is 0 Å². The molecule has 2 N–H and O–H groups in total. The van der Waals surface area contributed by atoms with Crippen LogP contribution in [0, 0.1) is 0 Å². The summed E-state index contributed by atoms with van der Waals surface area (Å²) in [4.78, 5) is 2.23. The minimum atomic E-state index is -0.618. The number of halogens is 2. The molecule has 0 unspecified atom stereocenters. The fraction of sp³-hybridized carbons (Fsp3) is 0.429. The molecule has 4 nitrogen and oxygen atoms in total. The van der Waals surface area contributed by atoms with Crippen molar-refractivity contribution in [3.63, 3.8) is 0 Å². The number of hydrogen-bond acceptors (Lipinski definition) is 4. The lowest BCUT2D eigenvalue weighted by Gasteiger charge is -2.46. The zero-order chi connectivity index (χ0) is 19.0. The maximum atomic E-state index is 10.5. The topological polar surface area (TPSA) is 52.9 Å². The number of β-amino-alcohol motifs (C(OH)–C–C–N with tert-alkyl or cyclic N) is 1. The first-order valence-corrected chi connectivity index (χ1v) is 10.0. The van der Waals surface area contributed by atoms with Crippen LogP contribution in [0.25, 0.3) is 0 Å². The second kappa shape index (κ2) is 7.61. The average molecular weight is 408 g/mol. The molecule has 1 spiro atoms. The summed E-state index contributed by atoms with van der Waals surface area (Å²) in [6.45, 7) is 2.16. The molecule has 2 atom stereocenters. The molecule has 0 saturated carbocycles. The minimum absolute atomic E-state index is 0.321. The maximum Gasteiger partial charge on any atom is 0.125 e. The molecule has 2 aromatic rings. The Morgan fingerprint density at radius 1 is 1.11 bits per heavy atom. The Morgan fingerprint density at radius 3 is 2.59 bits per heavy atom. The second-order valence-corrected chi connectivity index (χ2v) is 8.35. The Hall–Kier alpha value is -1.30. The van der Waals surface area contributed by atoms with Crippen LogP contribution in [0.2, 0.25) is 10.0 Å². The molecule has 0 aromatic heterocycles. The highest BCUT2D eigenvalue weighted by Crippen LogP contribution is 2.44. The van der Waals surface area contributed by atoms with E-state index in [9.17, 15) is 10.2 Å². The van der Waals surface area contributed by atoms with E-state index in [2.05, 4.69) is 4.90 Å². The Labute approximate surface area is 169 Å². The highest BCUT2D eigenvalue weighted by atomic mass is 35.5. The normalized spacial score (nSPS) is 22.9. The van der Waals surface area contributed by atoms with Gasteiger partial charge in [0.15, 0.2) is 0 Å². The molecular weight excluding hydrogens is 385 g/mol. The van der Waals surface area contributed by atoms with E-state index in [1.807, 2.05) is 30.3 Å². The number of benzene rings is 2. The number of fused-ring (bicyclic) bond motifs is 1. The summed E-state index contributed by atoms with van der Waals surface area (Å²) < 4.78 is 6.32. The van der Waals surface area contributed by atoms with E-state index in [-0.39, 0.29) is 5.60 Å². The lowest BCUT2D eigenvalue weighted by atomic mass is 9.81. The first-order valence-electron chi connectivity index (χ1n) is 9.27. The van der Waals surface area contributed by atoms with E-state index >= 15 is 0 Å². The third-order valence-corrected chi connectivity index (χ3v) is 6.44. The summed E-state index contributed by atoms with van der Waals surface area (Å²) in [7, 11) is 0. The molecule has 27 heavy (non-hydrogen) atoms. The number of aliphatic hydroxyl groups is 2. The first kappa shape index (κ1) is 19.0. The van der Waals surface area contributed by atoms with Crippen LogP contribution in [0.3, 0.4) is 0 Å². The lowest BCUT2D eigenvalue weighted by Crippen LogP contribution is -2.51. The average Bonchev–Trinajstić information content (AvgIpc) is 2.66. The molecule has 2 heterocycles. The molecular formula is C21H23Cl2NO3. The zero-order valence-electron chi connectivity index (χ0n) is 14.9.